The molecule has 0 N–H and O–H groups in total. The van der Waals surface area contributed by atoms with Crippen molar-refractivity contribution in [3.63, 3.8) is 0 Å². The van der Waals surface area contributed by atoms with Crippen molar-refractivity contribution in [1.29, 1.82) is 0 Å². The van der Waals surface area contributed by atoms with Crippen LogP contribution in [0.5, 0.6) is 0 Å². The molecule has 0 aromatic carbocycles. The highest BCUT2D eigenvalue weighted by atomic mass is 32.3. The van der Waals surface area contributed by atoms with E-state index >= 15 is 0 Å². The second-order valence-electron chi connectivity index (χ2n) is 3.30. The van der Waals surface area contributed by atoms with Gasteiger partial charge in [-0.2, -0.15) is 8.42 Å². The number of hydrogen-bond acceptors (Lipinski definition) is 3. The fourth-order valence-electron chi connectivity index (χ4n) is 0.963. The van der Waals surface area contributed by atoms with E-state index < -0.39 is 10.2 Å². The third-order valence-corrected chi connectivity index (χ3v) is 2.54. The smallest absolute Gasteiger partial charge is 0.302 e. The third kappa shape index (κ3) is 2.75. The zero-order valence-corrected chi connectivity index (χ0v) is 7.16. The van der Waals surface area contributed by atoms with Gasteiger partial charge in [0.25, 0.3) is 0 Å². The summed E-state index contributed by atoms with van der Waals surface area (Å²) in [6, 6.07) is 0. The molecule has 0 aromatic rings. The lowest BCUT2D eigenvalue weighted by Gasteiger charge is -2.37. The first kappa shape index (κ1) is 8.93. The molecule has 0 bridgehead atoms. The Morgan fingerprint density at radius 3 is 2.36 bits per heavy atom. The van der Waals surface area contributed by atoms with Crippen LogP contribution in [0.15, 0.2) is 0 Å². The van der Waals surface area contributed by atoms with Crippen LogP contribution in [0.25, 0.3) is 0 Å². The molecular weight excluding hydrogens is 171 g/mol. The van der Waals surface area contributed by atoms with E-state index in [1.807, 2.05) is 6.92 Å². The second-order valence-corrected chi connectivity index (χ2v) is 4.78. The van der Waals surface area contributed by atoms with Gasteiger partial charge in [0.15, 0.2) is 0 Å². The van der Waals surface area contributed by atoms with Gasteiger partial charge in [-0.25, -0.2) is 0 Å². The van der Waals surface area contributed by atoms with E-state index in [0.717, 1.165) is 0 Å². The molecule has 0 atom stereocenters. The van der Waals surface area contributed by atoms with Gasteiger partial charge in [0.2, 0.25) is 0 Å². The molecule has 5 heteroatoms. The van der Waals surface area contributed by atoms with Crippen molar-refractivity contribution < 1.29 is 17.0 Å². The van der Waals surface area contributed by atoms with Gasteiger partial charge < -0.3 is 4.74 Å². The molecule has 0 aliphatic carbocycles. The minimum Gasteiger partial charge on any atom is -0.380 e. The summed E-state index contributed by atoms with van der Waals surface area (Å²) in [5.74, 6) is -0.382. The minimum absolute atomic E-state index is 0.112. The van der Waals surface area contributed by atoms with Crippen LogP contribution in [0.1, 0.15) is 13.3 Å². The summed E-state index contributed by atoms with van der Waals surface area (Å²) in [6.07, 6.45) is 0.353. The molecule has 1 rings (SSSR count). The summed E-state index contributed by atoms with van der Waals surface area (Å²) in [5, 5.41) is 0. The van der Waals surface area contributed by atoms with Gasteiger partial charge in [0, 0.05) is 5.41 Å². The summed E-state index contributed by atoms with van der Waals surface area (Å²) >= 11 is 0. The number of hydrogen-bond donors (Lipinski definition) is 0. The van der Waals surface area contributed by atoms with Crippen molar-refractivity contribution >= 4 is 10.2 Å². The van der Waals surface area contributed by atoms with Crippen molar-refractivity contribution in [1.82, 2.24) is 0 Å². The van der Waals surface area contributed by atoms with E-state index in [4.69, 9.17) is 4.74 Å². The molecular formula is C6H11FO3S. The SMILES string of the molecule is CC1(CCS(=O)(=O)F)COC1. The van der Waals surface area contributed by atoms with Crippen molar-refractivity contribution in [3.8, 4) is 0 Å². The second kappa shape index (κ2) is 2.71. The first-order valence-corrected chi connectivity index (χ1v) is 4.97. The van der Waals surface area contributed by atoms with Crippen LogP contribution in [0, 0.1) is 5.41 Å². The normalized spacial score (nSPS) is 22.7. The highest BCUT2D eigenvalue weighted by molar-refractivity contribution is 7.86. The molecule has 66 valence electrons. The fourth-order valence-corrected chi connectivity index (χ4v) is 1.70. The number of rotatable bonds is 3. The zero-order valence-electron chi connectivity index (χ0n) is 6.34. The maximum Gasteiger partial charge on any atom is 0.302 e. The van der Waals surface area contributed by atoms with Gasteiger partial charge in [-0.05, 0) is 6.42 Å². The minimum atomic E-state index is -4.29. The van der Waals surface area contributed by atoms with E-state index in [-0.39, 0.29) is 11.2 Å². The van der Waals surface area contributed by atoms with Crippen molar-refractivity contribution in [2.45, 2.75) is 13.3 Å². The standard InChI is InChI=1S/C6H11FO3S/c1-6(4-10-5-6)2-3-11(7,8)9/h2-5H2,1H3. The molecule has 1 aliphatic heterocycles. The molecule has 0 radical (unpaired) electrons. The van der Waals surface area contributed by atoms with Crippen molar-refractivity contribution in [2.75, 3.05) is 19.0 Å². The Balaban J connectivity index is 2.33. The summed E-state index contributed by atoms with van der Waals surface area (Å²) in [6.45, 7) is 2.98. The van der Waals surface area contributed by atoms with Crippen LogP contribution in [0.3, 0.4) is 0 Å². The first-order chi connectivity index (χ1) is 4.91. The topological polar surface area (TPSA) is 43.4 Å². The van der Waals surface area contributed by atoms with E-state index in [0.29, 0.717) is 19.6 Å². The highest BCUT2D eigenvalue weighted by Crippen LogP contribution is 2.30. The molecule has 0 aromatic heterocycles. The molecule has 0 amide bonds. The van der Waals surface area contributed by atoms with Gasteiger partial charge >= 0.3 is 10.2 Å². The van der Waals surface area contributed by atoms with Crippen LogP contribution in [-0.4, -0.2) is 27.4 Å². The Bertz CT molecular complexity index is 230. The summed E-state index contributed by atoms with van der Waals surface area (Å²) < 4.78 is 37.1. The molecule has 3 nitrogen and oxygen atoms in total. The van der Waals surface area contributed by atoms with Crippen LogP contribution in [0.4, 0.5) is 3.89 Å². The molecule has 1 heterocycles. The predicted octanol–water partition coefficient (Wildman–Crippen LogP) is 0.712. The molecule has 1 saturated heterocycles. The Kier molecular flexibility index (Phi) is 2.20. The third-order valence-electron chi connectivity index (χ3n) is 1.85. The molecule has 0 spiro atoms. The van der Waals surface area contributed by atoms with Gasteiger partial charge in [0.1, 0.15) is 0 Å². The Morgan fingerprint density at radius 2 is 2.09 bits per heavy atom. The van der Waals surface area contributed by atoms with Crippen LogP contribution >= 0.6 is 0 Å². The van der Waals surface area contributed by atoms with Crippen LogP contribution < -0.4 is 0 Å². The molecule has 0 saturated carbocycles. The van der Waals surface area contributed by atoms with Gasteiger partial charge in [0.05, 0.1) is 19.0 Å². The average molecular weight is 182 g/mol. The quantitative estimate of drug-likeness (QED) is 0.604. The summed E-state index contributed by atoms with van der Waals surface area (Å²) in [7, 11) is -4.29. The van der Waals surface area contributed by atoms with Crippen molar-refractivity contribution in [3.05, 3.63) is 0 Å². The largest absolute Gasteiger partial charge is 0.380 e. The van der Waals surface area contributed by atoms with Crippen LogP contribution in [0.2, 0.25) is 0 Å². The van der Waals surface area contributed by atoms with E-state index in [1.165, 1.54) is 0 Å². The number of halogens is 1. The Labute approximate surface area is 65.8 Å². The Morgan fingerprint density at radius 1 is 1.55 bits per heavy atom. The monoisotopic (exact) mass is 182 g/mol. The lowest BCUT2D eigenvalue weighted by molar-refractivity contribution is -0.102. The average Bonchev–Trinajstić information content (AvgIpc) is 1.77. The van der Waals surface area contributed by atoms with Gasteiger partial charge in [-0.1, -0.05) is 6.92 Å². The molecule has 0 unspecified atom stereocenters. The maximum atomic E-state index is 12.0. The predicted molar refractivity (Wildman–Crippen MR) is 38.4 cm³/mol. The lowest BCUT2D eigenvalue weighted by Crippen LogP contribution is -2.40. The van der Waals surface area contributed by atoms with Crippen molar-refractivity contribution in [2.24, 2.45) is 5.41 Å². The van der Waals surface area contributed by atoms with E-state index in [1.54, 1.807) is 0 Å². The van der Waals surface area contributed by atoms with Gasteiger partial charge in [-0.15, -0.1) is 3.89 Å². The number of ether oxygens (including phenoxy) is 1. The summed E-state index contributed by atoms with van der Waals surface area (Å²) in [5.41, 5.74) is -0.112. The van der Waals surface area contributed by atoms with E-state index in [2.05, 4.69) is 0 Å². The molecule has 1 aliphatic rings. The molecule has 1 fully saturated rings. The van der Waals surface area contributed by atoms with E-state index in [9.17, 15) is 12.3 Å². The van der Waals surface area contributed by atoms with Crippen LogP contribution in [-0.2, 0) is 15.0 Å². The molecule has 11 heavy (non-hydrogen) atoms. The highest BCUT2D eigenvalue weighted by Gasteiger charge is 2.34. The zero-order chi connectivity index (χ0) is 8.54. The summed E-state index contributed by atoms with van der Waals surface area (Å²) in [4.78, 5) is 0. The fraction of sp³-hybridized carbons (Fsp3) is 1.00. The first-order valence-electron chi connectivity index (χ1n) is 3.41. The Hall–Kier alpha value is -0.160. The maximum absolute atomic E-state index is 12.0. The van der Waals surface area contributed by atoms with Gasteiger partial charge in [-0.3, -0.25) is 0 Å². The lowest BCUT2D eigenvalue weighted by atomic mass is 9.86.